The monoisotopic (exact) mass is 286 g/mol. The molecule has 0 bridgehead atoms. The van der Waals surface area contributed by atoms with Crippen LogP contribution in [-0.4, -0.2) is 27.5 Å². The number of aromatic nitrogens is 2. The Labute approximate surface area is 113 Å². The lowest BCUT2D eigenvalue weighted by Gasteiger charge is -2.17. The summed E-state index contributed by atoms with van der Waals surface area (Å²) in [7, 11) is 0. The zero-order chi connectivity index (χ0) is 14.8. The Kier molecular flexibility index (Phi) is 4.08. The highest BCUT2D eigenvalue weighted by Crippen LogP contribution is 2.30. The van der Waals surface area contributed by atoms with E-state index in [2.05, 4.69) is 10.1 Å². The molecule has 7 heteroatoms. The lowest BCUT2D eigenvalue weighted by Crippen LogP contribution is -2.33. The van der Waals surface area contributed by atoms with Crippen LogP contribution in [-0.2, 0) is 6.42 Å². The van der Waals surface area contributed by atoms with E-state index in [-0.39, 0.29) is 11.7 Å². The summed E-state index contributed by atoms with van der Waals surface area (Å²) in [5.74, 6) is -1.24. The minimum Gasteiger partial charge on any atom is -0.383 e. The summed E-state index contributed by atoms with van der Waals surface area (Å²) in [6.07, 6.45) is -6.88. The molecule has 0 aliphatic carbocycles. The van der Waals surface area contributed by atoms with Gasteiger partial charge in [-0.15, -0.1) is 0 Å². The molecule has 2 aromatic rings. The van der Waals surface area contributed by atoms with Crippen molar-refractivity contribution in [2.45, 2.75) is 31.5 Å². The minimum absolute atomic E-state index is 0.222. The normalized spacial score (nSPS) is 15.1. The number of nitrogens with zero attached hydrogens (tertiary/aromatic N) is 2. The lowest BCUT2D eigenvalue weighted by atomic mass is 10.0. The second-order valence-corrected chi connectivity index (χ2v) is 4.49. The van der Waals surface area contributed by atoms with Crippen molar-refractivity contribution >= 4 is 0 Å². The highest BCUT2D eigenvalue weighted by atomic mass is 19.4. The molecule has 0 amide bonds. The maximum atomic E-state index is 12.4. The van der Waals surface area contributed by atoms with Crippen molar-refractivity contribution in [3.8, 4) is 0 Å². The van der Waals surface area contributed by atoms with Gasteiger partial charge in [-0.2, -0.15) is 18.2 Å². The van der Waals surface area contributed by atoms with Crippen LogP contribution in [0.5, 0.6) is 0 Å². The maximum Gasteiger partial charge on any atom is 0.415 e. The highest BCUT2D eigenvalue weighted by molar-refractivity contribution is 5.18. The fraction of sp³-hybridized carbons (Fsp3) is 0.385. The predicted molar refractivity (Wildman–Crippen MR) is 64.0 cm³/mol. The number of benzene rings is 1. The van der Waals surface area contributed by atoms with E-state index in [0.29, 0.717) is 6.42 Å². The molecule has 1 N–H and O–H groups in total. The van der Waals surface area contributed by atoms with E-state index in [1.54, 1.807) is 0 Å². The minimum atomic E-state index is -4.71. The first-order chi connectivity index (χ1) is 9.38. The molecule has 0 saturated heterocycles. The Bertz CT molecular complexity index is 554. The van der Waals surface area contributed by atoms with Crippen LogP contribution in [0, 0.1) is 0 Å². The van der Waals surface area contributed by atoms with Crippen LogP contribution in [0.1, 0.15) is 30.1 Å². The molecule has 2 atom stereocenters. The van der Waals surface area contributed by atoms with Crippen LogP contribution in [0.15, 0.2) is 34.9 Å². The molecular weight excluding hydrogens is 273 g/mol. The van der Waals surface area contributed by atoms with Crippen molar-refractivity contribution in [2.75, 3.05) is 0 Å². The molecule has 1 aromatic carbocycles. The first-order valence-corrected chi connectivity index (χ1v) is 5.99. The third kappa shape index (κ3) is 3.36. The number of rotatable bonds is 4. The zero-order valence-corrected chi connectivity index (χ0v) is 10.6. The van der Waals surface area contributed by atoms with Gasteiger partial charge in [-0.1, -0.05) is 42.4 Å². The van der Waals surface area contributed by atoms with Gasteiger partial charge in [0.05, 0.1) is 5.92 Å². The Hall–Kier alpha value is -1.89. The van der Waals surface area contributed by atoms with Gasteiger partial charge in [0, 0.05) is 6.42 Å². The van der Waals surface area contributed by atoms with Crippen molar-refractivity contribution in [1.82, 2.24) is 10.1 Å². The van der Waals surface area contributed by atoms with E-state index in [1.165, 1.54) is 6.92 Å². The Balaban J connectivity index is 2.09. The third-order valence-electron chi connectivity index (χ3n) is 2.89. The van der Waals surface area contributed by atoms with E-state index in [0.717, 1.165) is 5.56 Å². The van der Waals surface area contributed by atoms with E-state index in [9.17, 15) is 13.2 Å². The zero-order valence-electron chi connectivity index (χ0n) is 10.6. The van der Waals surface area contributed by atoms with Gasteiger partial charge in [-0.25, -0.2) is 0 Å². The van der Waals surface area contributed by atoms with E-state index in [1.807, 2.05) is 30.3 Å². The van der Waals surface area contributed by atoms with Gasteiger partial charge < -0.3 is 9.63 Å². The van der Waals surface area contributed by atoms with Gasteiger partial charge in [0.15, 0.2) is 11.9 Å². The number of hydrogen-bond acceptors (Lipinski definition) is 4. The largest absolute Gasteiger partial charge is 0.415 e. The third-order valence-corrected chi connectivity index (χ3v) is 2.89. The number of halogens is 3. The summed E-state index contributed by atoms with van der Waals surface area (Å²) in [5, 5.41) is 12.8. The van der Waals surface area contributed by atoms with Crippen molar-refractivity contribution in [2.24, 2.45) is 0 Å². The molecule has 0 aliphatic rings. The summed E-state index contributed by atoms with van der Waals surface area (Å²) >= 11 is 0. The summed E-state index contributed by atoms with van der Waals surface area (Å²) in [6, 6.07) is 9.24. The van der Waals surface area contributed by atoms with Crippen LogP contribution in [0.2, 0.25) is 0 Å². The number of hydrogen-bond donors (Lipinski definition) is 1. The van der Waals surface area contributed by atoms with Gasteiger partial charge in [-0.3, -0.25) is 0 Å². The van der Waals surface area contributed by atoms with Crippen LogP contribution < -0.4 is 0 Å². The highest BCUT2D eigenvalue weighted by Gasteiger charge is 2.44. The first kappa shape index (κ1) is 14.5. The molecule has 0 radical (unpaired) electrons. The SMILES string of the molecule is CC(c1nc(Cc2ccccc2)no1)C(O)C(F)(F)F. The second kappa shape index (κ2) is 5.62. The number of aliphatic hydroxyl groups excluding tert-OH is 1. The molecule has 1 heterocycles. The molecular formula is C13H13F3N2O2. The van der Waals surface area contributed by atoms with Gasteiger partial charge in [0.25, 0.3) is 0 Å². The quantitative estimate of drug-likeness (QED) is 0.938. The van der Waals surface area contributed by atoms with E-state index < -0.39 is 18.2 Å². The van der Waals surface area contributed by atoms with Gasteiger partial charge >= 0.3 is 6.18 Å². The lowest BCUT2D eigenvalue weighted by molar-refractivity contribution is -0.210. The number of alkyl halides is 3. The summed E-state index contributed by atoms with van der Waals surface area (Å²) in [4.78, 5) is 3.90. The molecule has 1 aromatic heterocycles. The van der Waals surface area contributed by atoms with Gasteiger partial charge in [0.1, 0.15) is 0 Å². The standard InChI is InChI=1S/C13H13F3N2O2/c1-8(11(19)13(14,15)16)12-17-10(18-20-12)7-9-5-3-2-4-6-9/h2-6,8,11,19H,7H2,1H3. The second-order valence-electron chi connectivity index (χ2n) is 4.49. The van der Waals surface area contributed by atoms with Crippen molar-refractivity contribution in [3.05, 3.63) is 47.6 Å². The average molecular weight is 286 g/mol. The molecule has 0 spiro atoms. The summed E-state index contributed by atoms with van der Waals surface area (Å²) in [5.41, 5.74) is 0.920. The average Bonchev–Trinajstić information content (AvgIpc) is 2.85. The molecule has 20 heavy (non-hydrogen) atoms. The maximum absolute atomic E-state index is 12.4. The van der Waals surface area contributed by atoms with Crippen molar-refractivity contribution in [1.29, 1.82) is 0 Å². The van der Waals surface area contributed by atoms with Crippen LogP contribution in [0.4, 0.5) is 13.2 Å². The fourth-order valence-corrected chi connectivity index (χ4v) is 1.72. The van der Waals surface area contributed by atoms with Gasteiger partial charge in [0.2, 0.25) is 5.89 Å². The summed E-state index contributed by atoms with van der Waals surface area (Å²) in [6.45, 7) is 1.19. The molecule has 2 unspecified atom stereocenters. The van der Waals surface area contributed by atoms with Crippen molar-refractivity contribution < 1.29 is 22.8 Å². The van der Waals surface area contributed by atoms with Crippen LogP contribution >= 0.6 is 0 Å². The predicted octanol–water partition coefficient (Wildman–Crippen LogP) is 2.69. The molecule has 0 aliphatic heterocycles. The topological polar surface area (TPSA) is 59.2 Å². The summed E-state index contributed by atoms with van der Waals surface area (Å²) < 4.78 is 42.0. The fourth-order valence-electron chi connectivity index (χ4n) is 1.72. The molecule has 0 saturated carbocycles. The van der Waals surface area contributed by atoms with E-state index in [4.69, 9.17) is 9.63 Å². The molecule has 108 valence electrons. The first-order valence-electron chi connectivity index (χ1n) is 5.99. The molecule has 0 fully saturated rings. The Morgan fingerprint density at radius 3 is 2.50 bits per heavy atom. The van der Waals surface area contributed by atoms with Crippen LogP contribution in [0.3, 0.4) is 0 Å². The van der Waals surface area contributed by atoms with Gasteiger partial charge in [-0.05, 0) is 5.56 Å². The Morgan fingerprint density at radius 1 is 1.25 bits per heavy atom. The van der Waals surface area contributed by atoms with Crippen LogP contribution in [0.25, 0.3) is 0 Å². The smallest absolute Gasteiger partial charge is 0.383 e. The molecule has 2 rings (SSSR count). The van der Waals surface area contributed by atoms with Crippen molar-refractivity contribution in [3.63, 3.8) is 0 Å². The number of aliphatic hydroxyl groups is 1. The van der Waals surface area contributed by atoms with E-state index >= 15 is 0 Å². The molecule has 4 nitrogen and oxygen atoms in total. The Morgan fingerprint density at radius 2 is 1.90 bits per heavy atom.